The monoisotopic (exact) mass is 265 g/mol. The maximum Gasteiger partial charge on any atom is 0.269 e. The summed E-state index contributed by atoms with van der Waals surface area (Å²) in [6.07, 6.45) is 0. The molecule has 0 saturated heterocycles. The van der Waals surface area contributed by atoms with E-state index in [1.165, 1.54) is 12.1 Å². The van der Waals surface area contributed by atoms with E-state index in [1.807, 2.05) is 20.8 Å². The molecule has 1 aromatic rings. The summed E-state index contributed by atoms with van der Waals surface area (Å²) in [6.45, 7) is 6.64. The molecule has 6 nitrogen and oxygen atoms in total. The Labute approximate surface area is 112 Å². The minimum Gasteiger partial charge on any atom is -0.383 e. The summed E-state index contributed by atoms with van der Waals surface area (Å²) in [5, 5.41) is 16.4. The van der Waals surface area contributed by atoms with Crippen molar-refractivity contribution in [1.82, 2.24) is 5.32 Å². The highest BCUT2D eigenvalue weighted by molar-refractivity contribution is 5.81. The van der Waals surface area contributed by atoms with E-state index in [0.717, 1.165) is 5.69 Å². The number of amides is 1. The summed E-state index contributed by atoms with van der Waals surface area (Å²) in [4.78, 5) is 21.6. The van der Waals surface area contributed by atoms with E-state index < -0.39 is 10.3 Å². The molecule has 0 aromatic heterocycles. The van der Waals surface area contributed by atoms with Crippen molar-refractivity contribution in [3.8, 4) is 0 Å². The zero-order valence-electron chi connectivity index (χ0n) is 11.4. The van der Waals surface area contributed by atoms with Crippen molar-refractivity contribution in [2.24, 2.45) is 5.41 Å². The van der Waals surface area contributed by atoms with E-state index in [-0.39, 0.29) is 11.6 Å². The number of non-ortho nitro benzene ring substituents is 1. The molecule has 1 aromatic carbocycles. The van der Waals surface area contributed by atoms with Crippen molar-refractivity contribution in [2.75, 3.05) is 18.4 Å². The Morgan fingerprint density at radius 2 is 1.79 bits per heavy atom. The molecule has 19 heavy (non-hydrogen) atoms. The van der Waals surface area contributed by atoms with Crippen molar-refractivity contribution >= 4 is 17.3 Å². The maximum absolute atomic E-state index is 11.6. The summed E-state index contributed by atoms with van der Waals surface area (Å²) >= 11 is 0. The number of benzene rings is 1. The van der Waals surface area contributed by atoms with Gasteiger partial charge in [0.1, 0.15) is 0 Å². The van der Waals surface area contributed by atoms with Crippen LogP contribution in [0.25, 0.3) is 0 Å². The largest absolute Gasteiger partial charge is 0.383 e. The number of nitrogens with one attached hydrogen (secondary N) is 2. The van der Waals surface area contributed by atoms with Crippen LogP contribution in [0.15, 0.2) is 24.3 Å². The van der Waals surface area contributed by atoms with Gasteiger partial charge in [-0.2, -0.15) is 0 Å². The number of hydrogen-bond donors (Lipinski definition) is 2. The van der Waals surface area contributed by atoms with Crippen molar-refractivity contribution in [2.45, 2.75) is 20.8 Å². The molecule has 0 radical (unpaired) electrons. The summed E-state index contributed by atoms with van der Waals surface area (Å²) in [7, 11) is 0. The van der Waals surface area contributed by atoms with E-state index in [1.54, 1.807) is 12.1 Å². The van der Waals surface area contributed by atoms with E-state index in [2.05, 4.69) is 10.6 Å². The fourth-order valence-electron chi connectivity index (χ4n) is 1.35. The highest BCUT2D eigenvalue weighted by Gasteiger charge is 2.20. The smallest absolute Gasteiger partial charge is 0.269 e. The standard InChI is InChI=1S/C13H19N3O3/c1-13(2,3)12(17)15-9-8-14-10-4-6-11(7-5-10)16(18)19/h4-7,14H,8-9H2,1-3H3,(H,15,17). The van der Waals surface area contributed by atoms with Crippen molar-refractivity contribution in [3.05, 3.63) is 34.4 Å². The highest BCUT2D eigenvalue weighted by atomic mass is 16.6. The van der Waals surface area contributed by atoms with Crippen LogP contribution in [0, 0.1) is 15.5 Å². The molecule has 0 saturated carbocycles. The lowest BCUT2D eigenvalue weighted by Gasteiger charge is -2.17. The lowest BCUT2D eigenvalue weighted by atomic mass is 9.96. The quantitative estimate of drug-likeness (QED) is 0.485. The number of hydrogen-bond acceptors (Lipinski definition) is 4. The Kier molecular flexibility index (Phi) is 4.86. The molecule has 2 N–H and O–H groups in total. The fourth-order valence-corrected chi connectivity index (χ4v) is 1.35. The van der Waals surface area contributed by atoms with Crippen LogP contribution in [-0.4, -0.2) is 23.9 Å². The molecule has 0 fully saturated rings. The summed E-state index contributed by atoms with van der Waals surface area (Å²) in [5.74, 6) is -0.00185. The van der Waals surface area contributed by atoms with Crippen LogP contribution in [0.3, 0.4) is 0 Å². The van der Waals surface area contributed by atoms with Crippen LogP contribution in [0.2, 0.25) is 0 Å². The van der Waals surface area contributed by atoms with Gasteiger partial charge in [0.15, 0.2) is 0 Å². The van der Waals surface area contributed by atoms with Crippen LogP contribution < -0.4 is 10.6 Å². The number of nitrogens with zero attached hydrogens (tertiary/aromatic N) is 1. The van der Waals surface area contributed by atoms with Gasteiger partial charge in [0.05, 0.1) is 4.92 Å². The lowest BCUT2D eigenvalue weighted by molar-refractivity contribution is -0.384. The van der Waals surface area contributed by atoms with E-state index >= 15 is 0 Å². The average molecular weight is 265 g/mol. The second-order valence-corrected chi connectivity index (χ2v) is 5.24. The minimum absolute atomic E-state index is 0.00185. The SMILES string of the molecule is CC(C)(C)C(=O)NCCNc1ccc([N+](=O)[O-])cc1. The van der Waals surface area contributed by atoms with E-state index in [9.17, 15) is 14.9 Å². The Morgan fingerprint density at radius 3 is 2.26 bits per heavy atom. The maximum atomic E-state index is 11.6. The van der Waals surface area contributed by atoms with Gasteiger partial charge >= 0.3 is 0 Å². The number of carbonyl (C=O) groups excluding carboxylic acids is 1. The first-order valence-electron chi connectivity index (χ1n) is 6.07. The van der Waals surface area contributed by atoms with Gasteiger partial charge in [-0.1, -0.05) is 20.8 Å². The zero-order chi connectivity index (χ0) is 14.5. The molecule has 0 aliphatic heterocycles. The van der Waals surface area contributed by atoms with Crippen LogP contribution in [-0.2, 0) is 4.79 Å². The Balaban J connectivity index is 2.34. The van der Waals surface area contributed by atoms with Gasteiger partial charge in [0.2, 0.25) is 5.91 Å². The second kappa shape index (κ2) is 6.17. The zero-order valence-corrected chi connectivity index (χ0v) is 11.4. The van der Waals surface area contributed by atoms with Gasteiger partial charge in [0.25, 0.3) is 5.69 Å². The number of nitro groups is 1. The molecular formula is C13H19N3O3. The second-order valence-electron chi connectivity index (χ2n) is 5.24. The predicted molar refractivity (Wildman–Crippen MR) is 74.1 cm³/mol. The molecule has 0 unspecified atom stereocenters. The van der Waals surface area contributed by atoms with Crippen LogP contribution in [0.4, 0.5) is 11.4 Å². The Bertz CT molecular complexity index is 449. The predicted octanol–water partition coefficient (Wildman–Crippen LogP) is 2.17. The van der Waals surface area contributed by atoms with Gasteiger partial charge in [-0.15, -0.1) is 0 Å². The average Bonchev–Trinajstić information content (AvgIpc) is 2.33. The van der Waals surface area contributed by atoms with Gasteiger partial charge in [-0.05, 0) is 12.1 Å². The van der Waals surface area contributed by atoms with Gasteiger partial charge in [-0.25, -0.2) is 0 Å². The lowest BCUT2D eigenvalue weighted by Crippen LogP contribution is -2.37. The van der Waals surface area contributed by atoms with E-state index in [4.69, 9.17) is 0 Å². The highest BCUT2D eigenvalue weighted by Crippen LogP contribution is 2.15. The van der Waals surface area contributed by atoms with Gasteiger partial charge < -0.3 is 10.6 Å². The van der Waals surface area contributed by atoms with Crippen molar-refractivity contribution < 1.29 is 9.72 Å². The molecule has 0 aliphatic carbocycles. The summed E-state index contributed by atoms with van der Waals surface area (Å²) < 4.78 is 0. The van der Waals surface area contributed by atoms with Crippen LogP contribution >= 0.6 is 0 Å². The molecule has 6 heteroatoms. The first-order chi connectivity index (χ1) is 8.80. The number of anilines is 1. The van der Waals surface area contributed by atoms with Crippen molar-refractivity contribution in [3.63, 3.8) is 0 Å². The summed E-state index contributed by atoms with van der Waals surface area (Å²) in [6, 6.07) is 6.17. The van der Waals surface area contributed by atoms with Crippen LogP contribution in [0.5, 0.6) is 0 Å². The molecule has 1 rings (SSSR count). The molecule has 0 heterocycles. The number of nitro benzene ring substituents is 1. The third kappa shape index (κ3) is 4.95. The first-order valence-corrected chi connectivity index (χ1v) is 6.07. The third-order valence-corrected chi connectivity index (χ3v) is 2.50. The Morgan fingerprint density at radius 1 is 1.21 bits per heavy atom. The molecule has 1 amide bonds. The van der Waals surface area contributed by atoms with Crippen molar-refractivity contribution in [1.29, 1.82) is 0 Å². The molecule has 0 aliphatic rings. The molecule has 0 atom stereocenters. The third-order valence-electron chi connectivity index (χ3n) is 2.50. The van der Waals surface area contributed by atoms with Gasteiger partial charge in [-0.3, -0.25) is 14.9 Å². The Hall–Kier alpha value is -2.11. The molecule has 0 bridgehead atoms. The molecular weight excluding hydrogens is 246 g/mol. The minimum atomic E-state index is -0.437. The fraction of sp³-hybridized carbons (Fsp3) is 0.462. The first kappa shape index (κ1) is 14.9. The number of rotatable bonds is 5. The number of carbonyl (C=O) groups is 1. The summed E-state index contributed by atoms with van der Waals surface area (Å²) in [5.41, 5.74) is 0.454. The van der Waals surface area contributed by atoms with E-state index in [0.29, 0.717) is 13.1 Å². The van der Waals surface area contributed by atoms with Crippen LogP contribution in [0.1, 0.15) is 20.8 Å². The molecule has 104 valence electrons. The van der Waals surface area contributed by atoms with Gasteiger partial charge in [0, 0.05) is 36.3 Å². The molecule has 0 spiro atoms. The normalized spacial score (nSPS) is 10.9. The topological polar surface area (TPSA) is 84.3 Å².